The number of nitrogens with zero attached hydrogens (tertiary/aromatic N) is 3. The molecule has 0 radical (unpaired) electrons. The smallest absolute Gasteiger partial charge is 0.237 e. The van der Waals surface area contributed by atoms with Crippen molar-refractivity contribution >= 4 is 23.4 Å². The van der Waals surface area contributed by atoms with Gasteiger partial charge in [0.25, 0.3) is 0 Å². The fourth-order valence-corrected chi connectivity index (χ4v) is 3.06. The highest BCUT2D eigenvalue weighted by Crippen LogP contribution is 2.23. The Morgan fingerprint density at radius 3 is 2.42 bits per heavy atom. The van der Waals surface area contributed by atoms with Crippen molar-refractivity contribution in [3.8, 4) is 11.3 Å². The van der Waals surface area contributed by atoms with Gasteiger partial charge >= 0.3 is 0 Å². The van der Waals surface area contributed by atoms with E-state index in [9.17, 15) is 4.79 Å². The summed E-state index contributed by atoms with van der Waals surface area (Å²) >= 11 is 1.33. The summed E-state index contributed by atoms with van der Waals surface area (Å²) in [5.41, 5.74) is 2.66. The first-order chi connectivity index (χ1) is 11.6. The summed E-state index contributed by atoms with van der Waals surface area (Å²) in [5, 5.41) is 0.615. The van der Waals surface area contributed by atoms with E-state index < -0.39 is 0 Å². The number of imidazole rings is 1. The van der Waals surface area contributed by atoms with Crippen molar-refractivity contribution in [2.24, 2.45) is 0 Å². The topological polar surface area (TPSA) is 64.2 Å². The second-order valence-electron chi connectivity index (χ2n) is 5.26. The first-order valence-corrected chi connectivity index (χ1v) is 8.48. The van der Waals surface area contributed by atoms with E-state index in [0.717, 1.165) is 16.9 Å². The molecule has 3 rings (SSSR count). The first kappa shape index (κ1) is 16.1. The molecule has 2 aromatic carbocycles. The minimum atomic E-state index is -0.00420. The van der Waals surface area contributed by atoms with E-state index in [2.05, 4.69) is 4.98 Å². The number of nitrogen functional groups attached to an aromatic ring is 1. The fourth-order valence-electron chi connectivity index (χ4n) is 2.25. The molecule has 0 saturated carbocycles. The lowest BCUT2D eigenvalue weighted by molar-refractivity contribution is -0.115. The van der Waals surface area contributed by atoms with Gasteiger partial charge in [-0.05, 0) is 12.1 Å². The van der Waals surface area contributed by atoms with E-state index in [-0.39, 0.29) is 11.7 Å². The standard InChI is InChI=1S/C18H18N4OS/c1-21(15-10-6-3-7-11-15)17(23)13-24-18-20-16(12-22(18)19)14-8-4-2-5-9-14/h2-12H,13,19H2,1H3. The summed E-state index contributed by atoms with van der Waals surface area (Å²) in [6.45, 7) is 0. The van der Waals surface area contributed by atoms with Crippen LogP contribution < -0.4 is 10.7 Å². The van der Waals surface area contributed by atoms with E-state index in [1.165, 1.54) is 16.4 Å². The lowest BCUT2D eigenvalue weighted by Gasteiger charge is -2.16. The molecule has 1 aromatic heterocycles. The average molecular weight is 338 g/mol. The number of hydrogen-bond donors (Lipinski definition) is 1. The Labute approximate surface area is 145 Å². The first-order valence-electron chi connectivity index (χ1n) is 7.49. The number of para-hydroxylation sites is 1. The summed E-state index contributed by atoms with van der Waals surface area (Å²) < 4.78 is 1.46. The molecule has 0 saturated heterocycles. The lowest BCUT2D eigenvalue weighted by Crippen LogP contribution is -2.28. The minimum absolute atomic E-state index is 0.00420. The molecule has 1 amide bonds. The number of hydrogen-bond acceptors (Lipinski definition) is 4. The van der Waals surface area contributed by atoms with Crippen molar-refractivity contribution in [1.82, 2.24) is 9.66 Å². The van der Waals surface area contributed by atoms with Gasteiger partial charge in [-0.3, -0.25) is 4.79 Å². The van der Waals surface area contributed by atoms with Crippen molar-refractivity contribution in [1.29, 1.82) is 0 Å². The molecule has 122 valence electrons. The van der Waals surface area contributed by atoms with Crippen LogP contribution in [0.3, 0.4) is 0 Å². The van der Waals surface area contributed by atoms with Gasteiger partial charge in [0.2, 0.25) is 5.91 Å². The Kier molecular flexibility index (Phi) is 4.86. The second kappa shape index (κ2) is 7.23. The van der Waals surface area contributed by atoms with E-state index in [0.29, 0.717) is 5.16 Å². The lowest BCUT2D eigenvalue weighted by atomic mass is 10.2. The Balaban J connectivity index is 1.67. The van der Waals surface area contributed by atoms with Crippen LogP contribution in [0.4, 0.5) is 5.69 Å². The highest BCUT2D eigenvalue weighted by atomic mass is 32.2. The molecule has 0 spiro atoms. The van der Waals surface area contributed by atoms with Crippen LogP contribution in [-0.4, -0.2) is 28.4 Å². The van der Waals surface area contributed by atoms with Crippen molar-refractivity contribution in [3.63, 3.8) is 0 Å². The number of benzene rings is 2. The molecule has 3 aromatic rings. The molecule has 24 heavy (non-hydrogen) atoms. The van der Waals surface area contributed by atoms with Gasteiger partial charge < -0.3 is 10.7 Å². The van der Waals surface area contributed by atoms with Crippen LogP contribution in [0, 0.1) is 0 Å². The molecule has 1 heterocycles. The third kappa shape index (κ3) is 3.60. The molecule has 5 nitrogen and oxygen atoms in total. The number of carbonyl (C=O) groups is 1. The van der Waals surface area contributed by atoms with Gasteiger partial charge in [0.1, 0.15) is 0 Å². The minimum Gasteiger partial charge on any atom is -0.337 e. The van der Waals surface area contributed by atoms with E-state index in [4.69, 9.17) is 5.84 Å². The number of anilines is 1. The average Bonchev–Trinajstić information content (AvgIpc) is 3.01. The summed E-state index contributed by atoms with van der Waals surface area (Å²) in [6.07, 6.45) is 1.77. The van der Waals surface area contributed by atoms with Gasteiger partial charge in [-0.15, -0.1) is 0 Å². The number of amides is 1. The van der Waals surface area contributed by atoms with E-state index in [1.54, 1.807) is 18.1 Å². The van der Waals surface area contributed by atoms with E-state index in [1.807, 2.05) is 60.7 Å². The van der Waals surface area contributed by atoms with Gasteiger partial charge in [0.05, 0.1) is 17.6 Å². The molecule has 6 heteroatoms. The molecule has 2 N–H and O–H groups in total. The summed E-state index contributed by atoms with van der Waals surface area (Å²) in [6, 6.07) is 19.4. The molecule has 0 fully saturated rings. The zero-order valence-corrected chi connectivity index (χ0v) is 14.1. The molecule has 0 aliphatic heterocycles. The summed E-state index contributed by atoms with van der Waals surface area (Å²) in [5.74, 6) is 6.23. The Morgan fingerprint density at radius 2 is 1.75 bits per heavy atom. The van der Waals surface area contributed by atoms with Crippen LogP contribution in [0.25, 0.3) is 11.3 Å². The third-order valence-electron chi connectivity index (χ3n) is 3.61. The number of aromatic nitrogens is 2. The van der Waals surface area contributed by atoms with Crippen molar-refractivity contribution in [2.45, 2.75) is 5.16 Å². The normalized spacial score (nSPS) is 10.5. The van der Waals surface area contributed by atoms with Crippen molar-refractivity contribution < 1.29 is 4.79 Å². The SMILES string of the molecule is CN(C(=O)CSc1nc(-c2ccccc2)cn1N)c1ccccc1. The fraction of sp³-hybridized carbons (Fsp3) is 0.111. The van der Waals surface area contributed by atoms with Crippen LogP contribution in [0.15, 0.2) is 72.0 Å². The van der Waals surface area contributed by atoms with Crippen LogP contribution >= 0.6 is 11.8 Å². The summed E-state index contributed by atoms with van der Waals surface area (Å²) in [4.78, 5) is 18.5. The molecular weight excluding hydrogens is 320 g/mol. The Bertz CT molecular complexity index is 818. The van der Waals surface area contributed by atoms with Gasteiger partial charge in [0, 0.05) is 18.3 Å². The zero-order chi connectivity index (χ0) is 16.9. The van der Waals surface area contributed by atoms with Crippen molar-refractivity contribution in [3.05, 3.63) is 66.9 Å². The van der Waals surface area contributed by atoms with Crippen LogP contribution in [-0.2, 0) is 4.79 Å². The molecule has 0 aliphatic rings. The molecule has 0 bridgehead atoms. The monoisotopic (exact) mass is 338 g/mol. The highest BCUT2D eigenvalue weighted by molar-refractivity contribution is 7.99. The predicted octanol–water partition coefficient (Wildman–Crippen LogP) is 3.02. The maximum Gasteiger partial charge on any atom is 0.237 e. The van der Waals surface area contributed by atoms with Crippen molar-refractivity contribution in [2.75, 3.05) is 23.5 Å². The molecule has 0 atom stereocenters. The Morgan fingerprint density at radius 1 is 1.12 bits per heavy atom. The number of nitrogens with two attached hydrogens (primary N) is 1. The van der Waals surface area contributed by atoms with Gasteiger partial charge in [-0.2, -0.15) is 0 Å². The van der Waals surface area contributed by atoms with Crippen LogP contribution in [0.1, 0.15) is 0 Å². The quantitative estimate of drug-likeness (QED) is 0.574. The number of thioether (sulfide) groups is 1. The maximum atomic E-state index is 12.3. The predicted molar refractivity (Wildman–Crippen MR) is 98.4 cm³/mol. The number of carbonyl (C=O) groups excluding carboxylic acids is 1. The van der Waals surface area contributed by atoms with Crippen LogP contribution in [0.5, 0.6) is 0 Å². The van der Waals surface area contributed by atoms with E-state index >= 15 is 0 Å². The molecule has 0 aliphatic carbocycles. The third-order valence-corrected chi connectivity index (χ3v) is 4.56. The van der Waals surface area contributed by atoms with Crippen LogP contribution in [0.2, 0.25) is 0 Å². The van der Waals surface area contributed by atoms with Gasteiger partial charge in [-0.25, -0.2) is 9.66 Å². The molecular formula is C18H18N4OS. The Hall–Kier alpha value is -2.73. The van der Waals surface area contributed by atoms with Gasteiger partial charge in [-0.1, -0.05) is 60.3 Å². The molecule has 0 unspecified atom stereocenters. The second-order valence-corrected chi connectivity index (χ2v) is 6.20. The van der Waals surface area contributed by atoms with Gasteiger partial charge in [0.15, 0.2) is 5.16 Å². The number of rotatable bonds is 5. The maximum absolute atomic E-state index is 12.3. The highest BCUT2D eigenvalue weighted by Gasteiger charge is 2.14. The largest absolute Gasteiger partial charge is 0.337 e. The zero-order valence-electron chi connectivity index (χ0n) is 13.3. The summed E-state index contributed by atoms with van der Waals surface area (Å²) in [7, 11) is 1.77.